The van der Waals surface area contributed by atoms with Crippen molar-refractivity contribution in [2.75, 3.05) is 48.6 Å². The Morgan fingerprint density at radius 2 is 2.05 bits per heavy atom. The van der Waals surface area contributed by atoms with E-state index in [1.165, 1.54) is 0 Å². The minimum absolute atomic E-state index is 0.0160. The second kappa shape index (κ2) is 11.7. The zero-order chi connectivity index (χ0) is 26.5. The van der Waals surface area contributed by atoms with Crippen molar-refractivity contribution in [2.24, 2.45) is 0 Å². The minimum atomic E-state index is -0.308. The number of carbonyl (C=O) groups excluding carboxylic acids is 2. The molecule has 0 saturated carbocycles. The number of aliphatic hydroxyl groups is 1. The van der Waals surface area contributed by atoms with Gasteiger partial charge < -0.3 is 35.0 Å². The Morgan fingerprint density at radius 3 is 2.73 bits per heavy atom. The minimum Gasteiger partial charge on any atom is -0.489 e. The van der Waals surface area contributed by atoms with Crippen molar-refractivity contribution in [3.05, 3.63) is 30.0 Å². The van der Waals surface area contributed by atoms with Crippen LogP contribution in [0.4, 0.5) is 23.1 Å². The molecule has 3 N–H and O–H groups in total. The summed E-state index contributed by atoms with van der Waals surface area (Å²) in [6, 6.07) is 4.91. The summed E-state index contributed by atoms with van der Waals surface area (Å²) in [5.41, 5.74) is 1.65. The van der Waals surface area contributed by atoms with Gasteiger partial charge in [0, 0.05) is 37.9 Å². The maximum atomic E-state index is 12.9. The molecule has 1 aromatic carbocycles. The van der Waals surface area contributed by atoms with E-state index in [9.17, 15) is 14.7 Å². The van der Waals surface area contributed by atoms with E-state index in [0.29, 0.717) is 54.1 Å². The van der Waals surface area contributed by atoms with E-state index in [1.54, 1.807) is 36.3 Å². The highest BCUT2D eigenvalue weighted by atomic mass is 16.5. The van der Waals surface area contributed by atoms with Crippen molar-refractivity contribution in [1.82, 2.24) is 15.3 Å². The quantitative estimate of drug-likeness (QED) is 0.464. The van der Waals surface area contributed by atoms with Crippen LogP contribution in [-0.2, 0) is 9.53 Å². The summed E-state index contributed by atoms with van der Waals surface area (Å²) in [5.74, 6) is 1.22. The van der Waals surface area contributed by atoms with E-state index >= 15 is 0 Å². The fraction of sp³-hybridized carbons (Fsp3) is 0.538. The topological polar surface area (TPSA) is 129 Å². The highest BCUT2D eigenvalue weighted by molar-refractivity contribution is 6.04. The maximum absolute atomic E-state index is 12.9. The highest BCUT2D eigenvalue weighted by Crippen LogP contribution is 2.37. The second-order valence-electron chi connectivity index (χ2n) is 9.49. The standard InChI is InChI=1S/C26H36N6O5/c1-5-20-25(35)31(4)21-15-27-26(30-23(21)32(20)16(2)3)29-19-7-6-17(14-22(19)37-13-10-33)24(34)28-18-8-11-36-12-9-18/h6-7,14-16,18,20,33H,5,8-13H2,1-4H3,(H,28,34)(H,27,29,30)/t20-/m1/s1. The molecule has 0 spiro atoms. The van der Waals surface area contributed by atoms with Crippen LogP contribution in [0.1, 0.15) is 50.4 Å². The molecule has 0 aliphatic carbocycles. The molecule has 1 saturated heterocycles. The third-order valence-corrected chi connectivity index (χ3v) is 6.65. The summed E-state index contributed by atoms with van der Waals surface area (Å²) in [6.07, 6.45) is 3.85. The van der Waals surface area contributed by atoms with Gasteiger partial charge in [0.1, 0.15) is 24.1 Å². The second-order valence-corrected chi connectivity index (χ2v) is 9.49. The monoisotopic (exact) mass is 512 g/mol. The molecule has 2 amide bonds. The molecule has 3 heterocycles. The summed E-state index contributed by atoms with van der Waals surface area (Å²) < 4.78 is 11.1. The van der Waals surface area contributed by atoms with E-state index in [4.69, 9.17) is 14.5 Å². The van der Waals surface area contributed by atoms with Gasteiger partial charge in [-0.2, -0.15) is 4.98 Å². The number of anilines is 4. The van der Waals surface area contributed by atoms with Gasteiger partial charge in [-0.1, -0.05) is 6.92 Å². The average Bonchev–Trinajstić information content (AvgIpc) is 2.90. The van der Waals surface area contributed by atoms with Crippen molar-refractivity contribution >= 4 is 35.0 Å². The third-order valence-electron chi connectivity index (χ3n) is 6.65. The van der Waals surface area contributed by atoms with Crippen LogP contribution in [0.25, 0.3) is 0 Å². The highest BCUT2D eigenvalue weighted by Gasteiger charge is 2.38. The Morgan fingerprint density at radius 1 is 1.30 bits per heavy atom. The predicted molar refractivity (Wildman–Crippen MR) is 141 cm³/mol. The van der Waals surface area contributed by atoms with Gasteiger partial charge in [-0.3, -0.25) is 9.59 Å². The lowest BCUT2D eigenvalue weighted by molar-refractivity contribution is -0.120. The Labute approximate surface area is 217 Å². The molecule has 0 unspecified atom stereocenters. The zero-order valence-electron chi connectivity index (χ0n) is 21.9. The Bertz CT molecular complexity index is 1120. The van der Waals surface area contributed by atoms with Crippen molar-refractivity contribution in [2.45, 2.75) is 58.2 Å². The molecule has 1 aromatic heterocycles. The maximum Gasteiger partial charge on any atom is 0.251 e. The number of hydrogen-bond acceptors (Lipinski definition) is 9. The summed E-state index contributed by atoms with van der Waals surface area (Å²) in [6.45, 7) is 7.22. The third kappa shape index (κ3) is 5.78. The zero-order valence-corrected chi connectivity index (χ0v) is 21.9. The smallest absolute Gasteiger partial charge is 0.251 e. The first-order chi connectivity index (χ1) is 17.8. The number of nitrogens with zero attached hydrogens (tertiary/aromatic N) is 4. The van der Waals surface area contributed by atoms with Gasteiger partial charge in [0.05, 0.1) is 18.5 Å². The van der Waals surface area contributed by atoms with Crippen LogP contribution >= 0.6 is 0 Å². The van der Waals surface area contributed by atoms with Gasteiger partial charge in [0.2, 0.25) is 11.9 Å². The first-order valence-electron chi connectivity index (χ1n) is 12.8. The fourth-order valence-electron chi connectivity index (χ4n) is 4.71. The average molecular weight is 513 g/mol. The number of nitrogens with one attached hydrogen (secondary N) is 2. The molecule has 11 nitrogen and oxygen atoms in total. The molecule has 2 aromatic rings. The molecule has 37 heavy (non-hydrogen) atoms. The van der Waals surface area contributed by atoms with E-state index in [0.717, 1.165) is 12.8 Å². The van der Waals surface area contributed by atoms with Crippen LogP contribution in [0.3, 0.4) is 0 Å². The van der Waals surface area contributed by atoms with E-state index in [1.807, 2.05) is 25.7 Å². The van der Waals surface area contributed by atoms with Crippen LogP contribution in [0, 0.1) is 0 Å². The van der Waals surface area contributed by atoms with E-state index in [2.05, 4.69) is 15.6 Å². The molecule has 0 radical (unpaired) electrons. The van der Waals surface area contributed by atoms with Gasteiger partial charge in [0.25, 0.3) is 5.91 Å². The summed E-state index contributed by atoms with van der Waals surface area (Å²) in [7, 11) is 1.74. The molecule has 200 valence electrons. The Kier molecular flexibility index (Phi) is 8.45. The predicted octanol–water partition coefficient (Wildman–Crippen LogP) is 2.47. The molecule has 4 rings (SSSR count). The molecule has 0 bridgehead atoms. The van der Waals surface area contributed by atoms with Crippen molar-refractivity contribution < 1.29 is 24.2 Å². The molecular formula is C26H36N6O5. The number of carbonyl (C=O) groups is 2. The normalized spacial score (nSPS) is 18.1. The molecular weight excluding hydrogens is 476 g/mol. The van der Waals surface area contributed by atoms with Gasteiger partial charge in [-0.25, -0.2) is 4.98 Å². The lowest BCUT2D eigenvalue weighted by Gasteiger charge is -2.42. The lowest BCUT2D eigenvalue weighted by Crippen LogP contribution is -2.54. The number of fused-ring (bicyclic) bond motifs is 1. The summed E-state index contributed by atoms with van der Waals surface area (Å²) in [4.78, 5) is 38.6. The van der Waals surface area contributed by atoms with E-state index < -0.39 is 0 Å². The number of likely N-dealkylation sites (N-methyl/N-ethyl adjacent to an activating group) is 1. The fourth-order valence-corrected chi connectivity index (χ4v) is 4.71. The van der Waals surface area contributed by atoms with Crippen LogP contribution in [0.5, 0.6) is 5.75 Å². The van der Waals surface area contributed by atoms with Gasteiger partial charge in [-0.05, 0) is 51.3 Å². The summed E-state index contributed by atoms with van der Waals surface area (Å²) >= 11 is 0. The van der Waals surface area contributed by atoms with Crippen LogP contribution in [0.2, 0.25) is 0 Å². The van der Waals surface area contributed by atoms with Crippen LogP contribution in [0.15, 0.2) is 24.4 Å². The number of aromatic nitrogens is 2. The van der Waals surface area contributed by atoms with Crippen molar-refractivity contribution in [3.8, 4) is 5.75 Å². The first kappa shape index (κ1) is 26.6. The summed E-state index contributed by atoms with van der Waals surface area (Å²) in [5, 5.41) is 15.6. The van der Waals surface area contributed by atoms with Gasteiger partial charge >= 0.3 is 0 Å². The molecule has 2 aliphatic rings. The molecule has 11 heteroatoms. The number of rotatable bonds is 9. The van der Waals surface area contributed by atoms with Crippen LogP contribution in [-0.4, -0.2) is 78.5 Å². The number of ether oxygens (including phenoxy) is 2. The van der Waals surface area contributed by atoms with Crippen molar-refractivity contribution in [3.63, 3.8) is 0 Å². The molecule has 1 fully saturated rings. The molecule has 1 atom stereocenters. The Balaban J connectivity index is 1.61. The lowest BCUT2D eigenvalue weighted by atomic mass is 10.1. The SMILES string of the molecule is CC[C@@H]1C(=O)N(C)c2cnc(Nc3ccc(C(=O)NC4CCOCC4)cc3OCCO)nc2N1C(C)C. The van der Waals surface area contributed by atoms with Crippen LogP contribution < -0.4 is 25.2 Å². The first-order valence-corrected chi connectivity index (χ1v) is 12.8. The number of hydrogen-bond donors (Lipinski definition) is 3. The van der Waals surface area contributed by atoms with Gasteiger partial charge in [-0.15, -0.1) is 0 Å². The largest absolute Gasteiger partial charge is 0.489 e. The molecule has 2 aliphatic heterocycles. The number of aliphatic hydroxyl groups excluding tert-OH is 1. The number of benzene rings is 1. The van der Waals surface area contributed by atoms with Gasteiger partial charge in [0.15, 0.2) is 5.82 Å². The number of amides is 2. The van der Waals surface area contributed by atoms with E-state index in [-0.39, 0.29) is 43.2 Å². The Hall–Kier alpha value is -3.44. The van der Waals surface area contributed by atoms with Crippen molar-refractivity contribution in [1.29, 1.82) is 0 Å².